The SMILES string of the molecule is COC1CCC(N2CNC(c3ccccc3)C2=O)C1. The summed E-state index contributed by atoms with van der Waals surface area (Å²) in [7, 11) is 1.75. The van der Waals surface area contributed by atoms with E-state index >= 15 is 0 Å². The smallest absolute Gasteiger partial charge is 0.245 e. The highest BCUT2D eigenvalue weighted by molar-refractivity contribution is 5.85. The van der Waals surface area contributed by atoms with Gasteiger partial charge in [-0.05, 0) is 24.8 Å². The average Bonchev–Trinajstić information content (AvgIpc) is 3.06. The summed E-state index contributed by atoms with van der Waals surface area (Å²) in [5.74, 6) is 0.202. The standard InChI is InChI=1S/C15H20N2O2/c1-19-13-8-7-12(9-13)17-10-16-14(15(17)18)11-5-3-2-4-6-11/h2-6,12-14,16H,7-10H2,1H3. The van der Waals surface area contributed by atoms with E-state index in [1.807, 2.05) is 35.2 Å². The van der Waals surface area contributed by atoms with Gasteiger partial charge in [0, 0.05) is 13.2 Å². The second-order valence-electron chi connectivity index (χ2n) is 5.34. The van der Waals surface area contributed by atoms with E-state index in [4.69, 9.17) is 4.74 Å². The summed E-state index contributed by atoms with van der Waals surface area (Å²) in [6, 6.07) is 10.1. The van der Waals surface area contributed by atoms with E-state index in [0.29, 0.717) is 18.8 Å². The number of carbonyl (C=O) groups excluding carboxylic acids is 1. The number of nitrogens with zero attached hydrogens (tertiary/aromatic N) is 1. The van der Waals surface area contributed by atoms with Crippen LogP contribution in [0.1, 0.15) is 30.9 Å². The third-order valence-corrected chi connectivity index (χ3v) is 4.26. The molecule has 3 atom stereocenters. The molecule has 102 valence electrons. The number of hydrogen-bond acceptors (Lipinski definition) is 3. The Balaban J connectivity index is 1.69. The summed E-state index contributed by atoms with van der Waals surface area (Å²) < 4.78 is 5.39. The van der Waals surface area contributed by atoms with Crippen molar-refractivity contribution < 1.29 is 9.53 Å². The molecule has 3 rings (SSSR count). The third-order valence-electron chi connectivity index (χ3n) is 4.26. The topological polar surface area (TPSA) is 41.6 Å². The zero-order valence-electron chi connectivity index (χ0n) is 11.2. The molecule has 1 saturated carbocycles. The highest BCUT2D eigenvalue weighted by atomic mass is 16.5. The second-order valence-corrected chi connectivity index (χ2v) is 5.34. The van der Waals surface area contributed by atoms with Crippen LogP contribution in [-0.4, -0.2) is 36.7 Å². The molecule has 1 aliphatic carbocycles. The lowest BCUT2D eigenvalue weighted by Gasteiger charge is -2.23. The van der Waals surface area contributed by atoms with Gasteiger partial charge in [-0.2, -0.15) is 0 Å². The Bertz CT molecular complexity index is 449. The van der Waals surface area contributed by atoms with E-state index < -0.39 is 0 Å². The van der Waals surface area contributed by atoms with Crippen LogP contribution in [0.5, 0.6) is 0 Å². The fourth-order valence-electron chi connectivity index (χ4n) is 3.15. The molecule has 0 radical (unpaired) electrons. The number of nitrogens with one attached hydrogen (secondary N) is 1. The van der Waals surface area contributed by atoms with E-state index in [1.54, 1.807) is 7.11 Å². The highest BCUT2D eigenvalue weighted by Crippen LogP contribution is 2.30. The lowest BCUT2D eigenvalue weighted by Crippen LogP contribution is -2.36. The monoisotopic (exact) mass is 260 g/mol. The van der Waals surface area contributed by atoms with E-state index in [2.05, 4.69) is 5.32 Å². The first-order chi connectivity index (χ1) is 9.29. The maximum absolute atomic E-state index is 12.5. The van der Waals surface area contributed by atoms with Crippen LogP contribution in [0.2, 0.25) is 0 Å². The summed E-state index contributed by atoms with van der Waals surface area (Å²) >= 11 is 0. The van der Waals surface area contributed by atoms with Gasteiger partial charge in [0.05, 0.1) is 12.8 Å². The Hall–Kier alpha value is -1.39. The van der Waals surface area contributed by atoms with Gasteiger partial charge in [0.1, 0.15) is 6.04 Å². The molecule has 19 heavy (non-hydrogen) atoms. The van der Waals surface area contributed by atoms with E-state index in [0.717, 1.165) is 24.8 Å². The van der Waals surface area contributed by atoms with Gasteiger partial charge in [-0.1, -0.05) is 30.3 Å². The van der Waals surface area contributed by atoms with Crippen molar-refractivity contribution >= 4 is 5.91 Å². The molecular weight excluding hydrogens is 240 g/mol. The number of hydrogen-bond donors (Lipinski definition) is 1. The zero-order valence-corrected chi connectivity index (χ0v) is 11.2. The van der Waals surface area contributed by atoms with Gasteiger partial charge in [0.2, 0.25) is 5.91 Å². The fourth-order valence-corrected chi connectivity index (χ4v) is 3.15. The van der Waals surface area contributed by atoms with Gasteiger partial charge in [-0.3, -0.25) is 10.1 Å². The predicted octanol–water partition coefficient (Wildman–Crippen LogP) is 1.68. The first-order valence-corrected chi connectivity index (χ1v) is 6.91. The number of carbonyl (C=O) groups is 1. The van der Waals surface area contributed by atoms with Crippen LogP contribution in [0.4, 0.5) is 0 Å². The summed E-state index contributed by atoms with van der Waals surface area (Å²) in [6.07, 6.45) is 3.38. The van der Waals surface area contributed by atoms with Crippen molar-refractivity contribution in [1.29, 1.82) is 0 Å². The van der Waals surface area contributed by atoms with Crippen molar-refractivity contribution in [3.63, 3.8) is 0 Å². The third kappa shape index (κ3) is 2.38. The van der Waals surface area contributed by atoms with Crippen molar-refractivity contribution in [2.45, 2.75) is 37.5 Å². The molecule has 3 unspecified atom stereocenters. The highest BCUT2D eigenvalue weighted by Gasteiger charge is 2.39. The predicted molar refractivity (Wildman–Crippen MR) is 72.5 cm³/mol. The molecule has 0 spiro atoms. The van der Waals surface area contributed by atoms with Crippen LogP contribution in [0, 0.1) is 0 Å². The van der Waals surface area contributed by atoms with Crippen molar-refractivity contribution in [3.05, 3.63) is 35.9 Å². The first kappa shape index (κ1) is 12.6. The molecule has 1 aromatic carbocycles. The van der Waals surface area contributed by atoms with Gasteiger partial charge < -0.3 is 9.64 Å². The molecule has 4 heteroatoms. The molecule has 1 heterocycles. The first-order valence-electron chi connectivity index (χ1n) is 6.91. The van der Waals surface area contributed by atoms with Crippen LogP contribution < -0.4 is 5.32 Å². The molecule has 1 N–H and O–H groups in total. The van der Waals surface area contributed by atoms with Crippen molar-refractivity contribution in [1.82, 2.24) is 10.2 Å². The molecule has 1 aliphatic heterocycles. The van der Waals surface area contributed by atoms with Crippen LogP contribution in [0.25, 0.3) is 0 Å². The molecule has 0 aromatic heterocycles. The summed E-state index contributed by atoms with van der Waals surface area (Å²) in [5.41, 5.74) is 1.05. The van der Waals surface area contributed by atoms with E-state index in [9.17, 15) is 4.79 Å². The fraction of sp³-hybridized carbons (Fsp3) is 0.533. The van der Waals surface area contributed by atoms with Crippen LogP contribution in [-0.2, 0) is 9.53 Å². The molecule has 2 fully saturated rings. The van der Waals surface area contributed by atoms with Gasteiger partial charge >= 0.3 is 0 Å². The Morgan fingerprint density at radius 2 is 2.05 bits per heavy atom. The lowest BCUT2D eigenvalue weighted by atomic mass is 10.1. The summed E-state index contributed by atoms with van der Waals surface area (Å²) in [6.45, 7) is 0.652. The molecule has 2 aliphatic rings. The minimum atomic E-state index is -0.178. The molecule has 0 bridgehead atoms. The van der Waals surface area contributed by atoms with E-state index in [1.165, 1.54) is 0 Å². The summed E-state index contributed by atoms with van der Waals surface area (Å²) in [5, 5.41) is 3.32. The maximum atomic E-state index is 12.5. The Morgan fingerprint density at radius 1 is 1.26 bits per heavy atom. The lowest BCUT2D eigenvalue weighted by molar-refractivity contribution is -0.131. The quantitative estimate of drug-likeness (QED) is 0.899. The number of amides is 1. The largest absolute Gasteiger partial charge is 0.381 e. The summed E-state index contributed by atoms with van der Waals surface area (Å²) in [4.78, 5) is 14.5. The van der Waals surface area contributed by atoms with Crippen molar-refractivity contribution in [2.24, 2.45) is 0 Å². The van der Waals surface area contributed by atoms with Gasteiger partial charge in [0.15, 0.2) is 0 Å². The van der Waals surface area contributed by atoms with Gasteiger partial charge in [-0.25, -0.2) is 0 Å². The van der Waals surface area contributed by atoms with Crippen LogP contribution in [0.15, 0.2) is 30.3 Å². The number of ether oxygens (including phenoxy) is 1. The Labute approximate surface area is 113 Å². The number of rotatable bonds is 3. The Morgan fingerprint density at radius 3 is 2.74 bits per heavy atom. The van der Waals surface area contributed by atoms with Crippen molar-refractivity contribution in [2.75, 3.05) is 13.8 Å². The zero-order chi connectivity index (χ0) is 13.2. The molecule has 4 nitrogen and oxygen atoms in total. The van der Waals surface area contributed by atoms with Crippen molar-refractivity contribution in [3.8, 4) is 0 Å². The molecular formula is C15H20N2O2. The van der Waals surface area contributed by atoms with Crippen LogP contribution >= 0.6 is 0 Å². The minimum absolute atomic E-state index is 0.178. The molecule has 1 saturated heterocycles. The second kappa shape index (κ2) is 5.31. The van der Waals surface area contributed by atoms with Gasteiger partial charge in [0.25, 0.3) is 0 Å². The normalized spacial score (nSPS) is 31.1. The molecule has 1 amide bonds. The average molecular weight is 260 g/mol. The Kier molecular flexibility index (Phi) is 3.53. The maximum Gasteiger partial charge on any atom is 0.245 e. The molecule has 1 aromatic rings. The van der Waals surface area contributed by atoms with Gasteiger partial charge in [-0.15, -0.1) is 0 Å². The number of benzene rings is 1. The van der Waals surface area contributed by atoms with E-state index in [-0.39, 0.29) is 11.9 Å². The number of methoxy groups -OCH3 is 1. The minimum Gasteiger partial charge on any atom is -0.381 e. The van der Waals surface area contributed by atoms with Crippen LogP contribution in [0.3, 0.4) is 0 Å².